The summed E-state index contributed by atoms with van der Waals surface area (Å²) in [5, 5.41) is 24.1. The number of amides is 1. The Morgan fingerprint density at radius 2 is 2.23 bits per heavy atom. The van der Waals surface area contributed by atoms with Gasteiger partial charge in [-0.15, -0.1) is 0 Å². The van der Waals surface area contributed by atoms with Crippen LogP contribution in [-0.4, -0.2) is 47.5 Å². The first-order valence-corrected chi connectivity index (χ1v) is 7.60. The molecule has 2 heterocycles. The van der Waals surface area contributed by atoms with Gasteiger partial charge in [-0.05, 0) is 44.3 Å². The van der Waals surface area contributed by atoms with E-state index < -0.39 is 12.2 Å². The number of aliphatic hydroxyl groups is 1. The van der Waals surface area contributed by atoms with E-state index in [-0.39, 0.29) is 13.0 Å². The Morgan fingerprint density at radius 3 is 2.95 bits per heavy atom. The van der Waals surface area contributed by atoms with Crippen molar-refractivity contribution >= 4 is 6.09 Å². The number of aliphatic hydroxyl groups excluding tert-OH is 1. The molecule has 1 aromatic rings. The van der Waals surface area contributed by atoms with Crippen LogP contribution in [0.2, 0.25) is 0 Å². The highest BCUT2D eigenvalue weighted by atomic mass is 16.5. The predicted octanol–water partition coefficient (Wildman–Crippen LogP) is 1.15. The van der Waals surface area contributed by atoms with Crippen molar-refractivity contribution in [2.24, 2.45) is 5.92 Å². The summed E-state index contributed by atoms with van der Waals surface area (Å²) in [6, 6.07) is 5.27. The minimum absolute atomic E-state index is 0.179. The van der Waals surface area contributed by atoms with Crippen molar-refractivity contribution in [2.45, 2.75) is 25.4 Å². The van der Waals surface area contributed by atoms with E-state index in [1.54, 1.807) is 18.2 Å². The normalized spacial score (nSPS) is 17.0. The molecule has 1 aromatic heterocycles. The zero-order chi connectivity index (χ0) is 15.8. The molecule has 1 aliphatic rings. The number of carboxylic acid groups (broad SMARTS) is 1. The number of hydrogen-bond donors (Lipinski definition) is 4. The molecule has 2 rings (SSSR count). The molecule has 4 N–H and O–H groups in total. The lowest BCUT2D eigenvalue weighted by atomic mass is 9.99. The lowest BCUT2D eigenvalue weighted by molar-refractivity contribution is 0.155. The van der Waals surface area contributed by atoms with E-state index in [4.69, 9.17) is 9.84 Å². The van der Waals surface area contributed by atoms with Crippen molar-refractivity contribution in [3.63, 3.8) is 0 Å². The quantitative estimate of drug-likeness (QED) is 0.602. The maximum absolute atomic E-state index is 10.4. The maximum Gasteiger partial charge on any atom is 0.404 e. The molecular formula is C15H23N3O4. The van der Waals surface area contributed by atoms with Crippen LogP contribution in [0.25, 0.3) is 0 Å². The van der Waals surface area contributed by atoms with Gasteiger partial charge in [0.25, 0.3) is 0 Å². The van der Waals surface area contributed by atoms with E-state index in [1.807, 2.05) is 0 Å². The molecule has 0 bridgehead atoms. The van der Waals surface area contributed by atoms with Gasteiger partial charge in [0, 0.05) is 12.6 Å². The number of nitrogens with one attached hydrogen (secondary N) is 2. The van der Waals surface area contributed by atoms with Crippen molar-refractivity contribution in [3.05, 3.63) is 23.9 Å². The lowest BCUT2D eigenvalue weighted by Gasteiger charge is -2.22. The molecule has 1 saturated heterocycles. The Labute approximate surface area is 129 Å². The summed E-state index contributed by atoms with van der Waals surface area (Å²) in [7, 11) is 0. The van der Waals surface area contributed by atoms with Crippen LogP contribution in [0.3, 0.4) is 0 Å². The van der Waals surface area contributed by atoms with Crippen LogP contribution in [-0.2, 0) is 0 Å². The highest BCUT2D eigenvalue weighted by molar-refractivity contribution is 5.64. The first-order chi connectivity index (χ1) is 10.6. The summed E-state index contributed by atoms with van der Waals surface area (Å²) < 4.78 is 5.72. The van der Waals surface area contributed by atoms with Gasteiger partial charge in [0.2, 0.25) is 5.88 Å². The molecule has 22 heavy (non-hydrogen) atoms. The van der Waals surface area contributed by atoms with Crippen molar-refractivity contribution in [1.82, 2.24) is 15.6 Å². The number of piperidine rings is 1. The number of pyridine rings is 1. The van der Waals surface area contributed by atoms with Gasteiger partial charge >= 0.3 is 6.09 Å². The highest BCUT2D eigenvalue weighted by Crippen LogP contribution is 2.19. The second kappa shape index (κ2) is 8.55. The number of nitrogens with zero attached hydrogens (tertiary/aromatic N) is 1. The van der Waals surface area contributed by atoms with Gasteiger partial charge in [-0.25, -0.2) is 9.78 Å². The van der Waals surface area contributed by atoms with Crippen molar-refractivity contribution in [3.8, 4) is 5.88 Å². The van der Waals surface area contributed by atoms with Gasteiger partial charge in [0.05, 0.1) is 18.4 Å². The van der Waals surface area contributed by atoms with E-state index >= 15 is 0 Å². The first-order valence-electron chi connectivity index (χ1n) is 7.60. The molecule has 0 radical (unpaired) electrons. The number of carbonyl (C=O) groups is 1. The van der Waals surface area contributed by atoms with Gasteiger partial charge < -0.3 is 25.6 Å². The van der Waals surface area contributed by atoms with Crippen LogP contribution < -0.4 is 15.4 Å². The van der Waals surface area contributed by atoms with Gasteiger partial charge in [-0.1, -0.05) is 6.07 Å². The van der Waals surface area contributed by atoms with Crippen LogP contribution in [0.5, 0.6) is 5.88 Å². The fourth-order valence-electron chi connectivity index (χ4n) is 2.41. The van der Waals surface area contributed by atoms with Gasteiger partial charge in [0.1, 0.15) is 0 Å². The Kier molecular flexibility index (Phi) is 6.42. The van der Waals surface area contributed by atoms with Crippen molar-refractivity contribution in [2.75, 3.05) is 26.2 Å². The average Bonchev–Trinajstić information content (AvgIpc) is 2.54. The molecule has 1 unspecified atom stereocenters. The van der Waals surface area contributed by atoms with Gasteiger partial charge in [-0.2, -0.15) is 0 Å². The van der Waals surface area contributed by atoms with Crippen LogP contribution >= 0.6 is 0 Å². The van der Waals surface area contributed by atoms with Crippen molar-refractivity contribution in [1.29, 1.82) is 0 Å². The van der Waals surface area contributed by atoms with Crippen LogP contribution in [0, 0.1) is 5.92 Å². The number of rotatable bonds is 7. The van der Waals surface area contributed by atoms with Crippen LogP contribution in [0.15, 0.2) is 18.2 Å². The third-order valence-electron chi connectivity index (χ3n) is 3.71. The predicted molar refractivity (Wildman–Crippen MR) is 80.9 cm³/mol. The molecular weight excluding hydrogens is 286 g/mol. The maximum atomic E-state index is 10.4. The smallest absolute Gasteiger partial charge is 0.404 e. The van der Waals surface area contributed by atoms with E-state index in [0.717, 1.165) is 25.9 Å². The summed E-state index contributed by atoms with van der Waals surface area (Å²) in [5.74, 6) is 1.04. The van der Waals surface area contributed by atoms with E-state index in [1.165, 1.54) is 0 Å². The first kappa shape index (κ1) is 16.5. The minimum atomic E-state index is -1.10. The minimum Gasteiger partial charge on any atom is -0.477 e. The number of hydrogen-bond acceptors (Lipinski definition) is 5. The van der Waals surface area contributed by atoms with E-state index in [0.29, 0.717) is 24.1 Å². The van der Waals surface area contributed by atoms with Crippen LogP contribution in [0.1, 0.15) is 31.1 Å². The second-order valence-electron chi connectivity index (χ2n) is 5.44. The van der Waals surface area contributed by atoms with Gasteiger partial charge in [-0.3, -0.25) is 0 Å². The molecule has 0 spiro atoms. The summed E-state index contributed by atoms with van der Waals surface area (Å²) in [6.07, 6.45) is 0.567. The molecule has 1 atom stereocenters. The fraction of sp³-hybridized carbons (Fsp3) is 0.600. The largest absolute Gasteiger partial charge is 0.477 e. The molecule has 1 amide bonds. The van der Waals surface area contributed by atoms with Gasteiger partial charge in [0.15, 0.2) is 0 Å². The van der Waals surface area contributed by atoms with E-state index in [9.17, 15) is 9.90 Å². The Bertz CT molecular complexity index is 478. The highest BCUT2D eigenvalue weighted by Gasteiger charge is 2.15. The zero-order valence-corrected chi connectivity index (χ0v) is 12.5. The topological polar surface area (TPSA) is 104 Å². The average molecular weight is 309 g/mol. The molecule has 0 aliphatic carbocycles. The Hall–Kier alpha value is -1.86. The third-order valence-corrected chi connectivity index (χ3v) is 3.71. The molecule has 122 valence electrons. The molecule has 1 fully saturated rings. The van der Waals surface area contributed by atoms with E-state index in [2.05, 4.69) is 15.6 Å². The second-order valence-corrected chi connectivity index (χ2v) is 5.44. The lowest BCUT2D eigenvalue weighted by Crippen LogP contribution is -2.30. The fourth-order valence-corrected chi connectivity index (χ4v) is 2.41. The molecule has 1 aliphatic heterocycles. The summed E-state index contributed by atoms with van der Waals surface area (Å²) in [5.41, 5.74) is 0.495. The van der Waals surface area contributed by atoms with Crippen LogP contribution in [0.4, 0.5) is 4.79 Å². The zero-order valence-electron chi connectivity index (χ0n) is 12.5. The summed E-state index contributed by atoms with van der Waals surface area (Å²) >= 11 is 0. The summed E-state index contributed by atoms with van der Waals surface area (Å²) in [4.78, 5) is 14.7. The standard InChI is InChI=1S/C15H23N3O4/c19-13(6-9-17-15(20)21)12-2-1-3-14(18-12)22-10-11-4-7-16-8-5-11/h1-3,11,13,16-17,19H,4-10H2,(H,20,21). The monoisotopic (exact) mass is 309 g/mol. The Morgan fingerprint density at radius 1 is 1.45 bits per heavy atom. The molecule has 0 saturated carbocycles. The SMILES string of the molecule is O=C(O)NCCC(O)c1cccc(OCC2CCNCC2)n1. The number of ether oxygens (including phenoxy) is 1. The Balaban J connectivity index is 1.81. The molecule has 0 aromatic carbocycles. The molecule has 7 heteroatoms. The third kappa shape index (κ3) is 5.50. The summed E-state index contributed by atoms with van der Waals surface area (Å²) in [6.45, 7) is 2.86. The van der Waals surface area contributed by atoms with Crippen molar-refractivity contribution < 1.29 is 19.7 Å². The molecule has 7 nitrogen and oxygen atoms in total. The number of aromatic nitrogens is 1.